The van der Waals surface area contributed by atoms with Gasteiger partial charge in [0.2, 0.25) is 5.91 Å². The predicted octanol–water partition coefficient (Wildman–Crippen LogP) is 2.31. The van der Waals surface area contributed by atoms with Crippen LogP contribution in [0.5, 0.6) is 0 Å². The lowest BCUT2D eigenvalue weighted by Gasteiger charge is -2.29. The number of hydrogen-bond acceptors (Lipinski definition) is 5. The quantitative estimate of drug-likeness (QED) is 0.899. The summed E-state index contributed by atoms with van der Waals surface area (Å²) < 4.78 is 7.33. The van der Waals surface area contributed by atoms with Crippen molar-refractivity contribution in [3.63, 3.8) is 0 Å². The molecule has 1 saturated heterocycles. The number of fused-ring (bicyclic) bond motifs is 1. The Morgan fingerprint density at radius 1 is 1.30 bits per heavy atom. The number of amides is 1. The second-order valence-corrected chi connectivity index (χ2v) is 6.20. The number of anilines is 1. The van der Waals surface area contributed by atoms with E-state index in [0.717, 1.165) is 35.8 Å². The molecule has 1 fully saturated rings. The van der Waals surface area contributed by atoms with E-state index in [-0.39, 0.29) is 11.8 Å². The molecule has 4 rings (SSSR count). The van der Waals surface area contributed by atoms with Gasteiger partial charge in [-0.05, 0) is 18.6 Å². The standard InChI is InChI=1S/C18H21N5O2.C2H6/c1-19-18(24)14-5-2-4-13(12-14)16-20-17(22-8-10-25-11-9-22)15-6-3-7-23(15)21-16;1-2/h2-7,13H,8-12H2,1H3,(H,19,24);1-2H3. The van der Waals surface area contributed by atoms with E-state index in [1.54, 1.807) is 7.05 Å². The summed E-state index contributed by atoms with van der Waals surface area (Å²) in [6.45, 7) is 7.06. The van der Waals surface area contributed by atoms with Crippen molar-refractivity contribution in [3.05, 3.63) is 48.0 Å². The lowest BCUT2D eigenvalue weighted by molar-refractivity contribution is -0.117. The van der Waals surface area contributed by atoms with Crippen molar-refractivity contribution in [1.82, 2.24) is 19.9 Å². The molecule has 0 bridgehead atoms. The summed E-state index contributed by atoms with van der Waals surface area (Å²) >= 11 is 0. The van der Waals surface area contributed by atoms with Gasteiger partial charge in [-0.15, -0.1) is 0 Å². The maximum atomic E-state index is 11.9. The molecule has 1 atom stereocenters. The molecule has 2 aromatic heterocycles. The Morgan fingerprint density at radius 2 is 2.07 bits per heavy atom. The Labute approximate surface area is 159 Å². The highest BCUT2D eigenvalue weighted by Gasteiger charge is 2.23. The van der Waals surface area contributed by atoms with E-state index in [2.05, 4.69) is 21.4 Å². The fourth-order valence-corrected chi connectivity index (χ4v) is 3.29. The fourth-order valence-electron chi connectivity index (χ4n) is 3.29. The van der Waals surface area contributed by atoms with E-state index < -0.39 is 0 Å². The van der Waals surface area contributed by atoms with Gasteiger partial charge in [0.05, 0.1) is 13.2 Å². The maximum Gasteiger partial charge on any atom is 0.246 e. The number of nitrogens with zero attached hydrogens (tertiary/aromatic N) is 4. The highest BCUT2D eigenvalue weighted by Crippen LogP contribution is 2.29. The van der Waals surface area contributed by atoms with Crippen LogP contribution in [0.15, 0.2) is 42.1 Å². The third-order valence-electron chi connectivity index (χ3n) is 4.63. The molecule has 1 aliphatic carbocycles. The first kappa shape index (κ1) is 19.1. The minimum atomic E-state index is -0.0511. The molecule has 7 heteroatoms. The highest BCUT2D eigenvalue weighted by molar-refractivity contribution is 5.93. The first-order valence-electron chi connectivity index (χ1n) is 9.53. The molecule has 3 heterocycles. The molecule has 1 N–H and O–H groups in total. The second-order valence-electron chi connectivity index (χ2n) is 6.20. The van der Waals surface area contributed by atoms with E-state index in [9.17, 15) is 4.79 Å². The van der Waals surface area contributed by atoms with Gasteiger partial charge >= 0.3 is 0 Å². The van der Waals surface area contributed by atoms with E-state index in [1.807, 2.05) is 48.8 Å². The van der Waals surface area contributed by atoms with E-state index in [4.69, 9.17) is 9.72 Å². The number of nitrogens with one attached hydrogen (secondary N) is 1. The average Bonchev–Trinajstić information content (AvgIpc) is 3.23. The van der Waals surface area contributed by atoms with Gasteiger partial charge in [0, 0.05) is 37.8 Å². The molecule has 0 aromatic carbocycles. The average molecular weight is 369 g/mol. The Bertz CT molecular complexity index is 849. The predicted molar refractivity (Wildman–Crippen MR) is 106 cm³/mol. The van der Waals surface area contributed by atoms with Gasteiger partial charge in [0.15, 0.2) is 11.6 Å². The Kier molecular flexibility index (Phi) is 6.24. The van der Waals surface area contributed by atoms with Gasteiger partial charge in [-0.25, -0.2) is 9.50 Å². The van der Waals surface area contributed by atoms with Crippen molar-refractivity contribution in [2.75, 3.05) is 38.3 Å². The first-order chi connectivity index (χ1) is 13.3. The summed E-state index contributed by atoms with van der Waals surface area (Å²) in [6.07, 6.45) is 8.36. The summed E-state index contributed by atoms with van der Waals surface area (Å²) in [7, 11) is 1.65. The normalized spacial score (nSPS) is 19.3. The molecule has 1 amide bonds. The third kappa shape index (κ3) is 4.03. The van der Waals surface area contributed by atoms with Gasteiger partial charge in [-0.2, -0.15) is 5.10 Å². The SMILES string of the molecule is CC.CNC(=O)C1=CC=CC(c2nc(N3CCOCC3)c3cccn3n2)C1. The van der Waals surface area contributed by atoms with Crippen LogP contribution in [0.25, 0.3) is 5.52 Å². The molecule has 2 aromatic rings. The maximum absolute atomic E-state index is 11.9. The Morgan fingerprint density at radius 3 is 2.81 bits per heavy atom. The highest BCUT2D eigenvalue weighted by atomic mass is 16.5. The summed E-state index contributed by atoms with van der Waals surface area (Å²) in [6, 6.07) is 4.01. The summed E-state index contributed by atoms with van der Waals surface area (Å²) in [4.78, 5) is 19.1. The van der Waals surface area contributed by atoms with Gasteiger partial charge in [-0.3, -0.25) is 4.79 Å². The number of hydrogen-bond donors (Lipinski definition) is 1. The summed E-state index contributed by atoms with van der Waals surface area (Å²) in [5.41, 5.74) is 1.74. The van der Waals surface area contributed by atoms with Gasteiger partial charge in [0.1, 0.15) is 5.52 Å². The van der Waals surface area contributed by atoms with Crippen LogP contribution < -0.4 is 10.2 Å². The van der Waals surface area contributed by atoms with Crippen LogP contribution >= 0.6 is 0 Å². The van der Waals surface area contributed by atoms with Gasteiger partial charge < -0.3 is 15.0 Å². The zero-order valence-corrected chi connectivity index (χ0v) is 16.2. The number of likely N-dealkylation sites (N-methyl/N-ethyl adjacent to an activating group) is 1. The van der Waals surface area contributed by atoms with Gasteiger partial charge in [0.25, 0.3) is 0 Å². The van der Waals surface area contributed by atoms with Crippen molar-refractivity contribution in [2.45, 2.75) is 26.2 Å². The smallest absolute Gasteiger partial charge is 0.246 e. The number of allylic oxidation sites excluding steroid dienone is 3. The van der Waals surface area contributed by atoms with Crippen LogP contribution in [-0.4, -0.2) is 53.9 Å². The van der Waals surface area contributed by atoms with Crippen LogP contribution in [0, 0.1) is 0 Å². The van der Waals surface area contributed by atoms with E-state index >= 15 is 0 Å². The molecular formula is C20H27N5O2. The zero-order valence-electron chi connectivity index (χ0n) is 16.2. The summed E-state index contributed by atoms with van der Waals surface area (Å²) in [5.74, 6) is 1.60. The molecule has 1 unspecified atom stereocenters. The van der Waals surface area contributed by atoms with Crippen LogP contribution in [0.1, 0.15) is 32.0 Å². The van der Waals surface area contributed by atoms with E-state index in [1.165, 1.54) is 0 Å². The molecule has 144 valence electrons. The van der Waals surface area contributed by atoms with Crippen LogP contribution in [0.4, 0.5) is 5.82 Å². The monoisotopic (exact) mass is 369 g/mol. The minimum Gasteiger partial charge on any atom is -0.378 e. The lowest BCUT2D eigenvalue weighted by atomic mass is 9.93. The molecular weight excluding hydrogens is 342 g/mol. The van der Waals surface area contributed by atoms with Crippen molar-refractivity contribution in [2.24, 2.45) is 0 Å². The Balaban J connectivity index is 0.00000102. The first-order valence-corrected chi connectivity index (χ1v) is 9.53. The van der Waals surface area contributed by atoms with Crippen LogP contribution in [-0.2, 0) is 9.53 Å². The summed E-state index contributed by atoms with van der Waals surface area (Å²) in [5, 5.41) is 7.36. The molecule has 0 radical (unpaired) electrons. The fraction of sp³-hybridized carbons (Fsp3) is 0.450. The molecule has 27 heavy (non-hydrogen) atoms. The topological polar surface area (TPSA) is 71.8 Å². The molecule has 1 aliphatic heterocycles. The number of aromatic nitrogens is 3. The lowest BCUT2D eigenvalue weighted by Crippen LogP contribution is -2.37. The van der Waals surface area contributed by atoms with Crippen molar-refractivity contribution in [1.29, 1.82) is 0 Å². The molecule has 0 spiro atoms. The number of morpholine rings is 1. The Hall–Kier alpha value is -2.67. The van der Waals surface area contributed by atoms with Crippen molar-refractivity contribution >= 4 is 17.2 Å². The molecule has 7 nitrogen and oxygen atoms in total. The largest absolute Gasteiger partial charge is 0.378 e. The number of carbonyl (C=O) groups is 1. The second kappa shape index (κ2) is 8.81. The minimum absolute atomic E-state index is 0.0103. The number of carbonyl (C=O) groups excluding carboxylic acids is 1. The third-order valence-corrected chi connectivity index (χ3v) is 4.63. The van der Waals surface area contributed by atoms with E-state index in [0.29, 0.717) is 19.6 Å². The molecule has 0 saturated carbocycles. The zero-order chi connectivity index (χ0) is 19.2. The van der Waals surface area contributed by atoms with Gasteiger partial charge in [-0.1, -0.05) is 32.1 Å². The number of ether oxygens (including phenoxy) is 1. The van der Waals surface area contributed by atoms with Crippen LogP contribution in [0.3, 0.4) is 0 Å². The van der Waals surface area contributed by atoms with Crippen molar-refractivity contribution in [3.8, 4) is 0 Å². The van der Waals surface area contributed by atoms with Crippen LogP contribution in [0.2, 0.25) is 0 Å². The number of rotatable bonds is 3. The molecule has 2 aliphatic rings. The van der Waals surface area contributed by atoms with Crippen molar-refractivity contribution < 1.29 is 9.53 Å².